The van der Waals surface area contributed by atoms with Gasteiger partial charge in [0.05, 0.1) is 22.3 Å². The molecule has 0 aliphatic carbocycles. The fourth-order valence-corrected chi connectivity index (χ4v) is 4.35. The summed E-state index contributed by atoms with van der Waals surface area (Å²) in [6.45, 7) is 5.51. The van der Waals surface area contributed by atoms with Crippen LogP contribution in [0.5, 0.6) is 0 Å². The minimum Gasteiger partial charge on any atom is -0.338 e. The number of halogens is 3. The maximum absolute atomic E-state index is 13.7. The van der Waals surface area contributed by atoms with Gasteiger partial charge in [-0.25, -0.2) is 4.98 Å². The van der Waals surface area contributed by atoms with E-state index in [0.29, 0.717) is 24.9 Å². The van der Waals surface area contributed by atoms with Gasteiger partial charge in [-0.1, -0.05) is 5.16 Å². The summed E-state index contributed by atoms with van der Waals surface area (Å²) in [7, 11) is 1.60. The van der Waals surface area contributed by atoms with Gasteiger partial charge >= 0.3 is 6.18 Å². The van der Waals surface area contributed by atoms with E-state index in [1.165, 1.54) is 16.4 Å². The van der Waals surface area contributed by atoms with Crippen LogP contribution >= 0.6 is 0 Å². The molecule has 0 radical (unpaired) electrons. The third-order valence-corrected chi connectivity index (χ3v) is 6.15. The molecule has 0 N–H and O–H groups in total. The number of carbonyl (C=O) groups excluding carboxylic acids is 1. The molecular formula is C22H23F3N4O3. The maximum atomic E-state index is 13.7. The topological polar surface area (TPSA) is 81.2 Å². The SMILES string of the molecule is Cc1cc(C)n(C)c(=O)c1C(=O)N1CCC[C@H](c2cc(C(F)(F)F)c3c(C)noc3n2)C1. The zero-order chi connectivity index (χ0) is 23.4. The van der Waals surface area contributed by atoms with Gasteiger partial charge in [0.25, 0.3) is 17.2 Å². The van der Waals surface area contributed by atoms with E-state index in [2.05, 4.69) is 10.1 Å². The largest absolute Gasteiger partial charge is 0.417 e. The number of pyridine rings is 2. The molecule has 170 valence electrons. The Bertz CT molecular complexity index is 1280. The molecule has 32 heavy (non-hydrogen) atoms. The van der Waals surface area contributed by atoms with Crippen LogP contribution in [0, 0.1) is 20.8 Å². The van der Waals surface area contributed by atoms with E-state index in [4.69, 9.17) is 4.52 Å². The summed E-state index contributed by atoms with van der Waals surface area (Å²) in [5.41, 5.74) is 0.329. The lowest BCUT2D eigenvalue weighted by atomic mass is 9.92. The molecule has 10 heteroatoms. The zero-order valence-corrected chi connectivity index (χ0v) is 18.2. The molecule has 4 heterocycles. The monoisotopic (exact) mass is 448 g/mol. The Morgan fingerprint density at radius 1 is 1.22 bits per heavy atom. The van der Waals surface area contributed by atoms with Crippen LogP contribution in [-0.4, -0.2) is 38.6 Å². The van der Waals surface area contributed by atoms with E-state index in [9.17, 15) is 22.8 Å². The zero-order valence-electron chi connectivity index (χ0n) is 18.2. The molecule has 0 spiro atoms. The summed E-state index contributed by atoms with van der Waals surface area (Å²) in [4.78, 5) is 31.7. The van der Waals surface area contributed by atoms with E-state index >= 15 is 0 Å². The highest BCUT2D eigenvalue weighted by Gasteiger charge is 2.37. The molecule has 0 unspecified atom stereocenters. The second kappa shape index (κ2) is 7.75. The Hall–Kier alpha value is -3.17. The molecule has 3 aromatic heterocycles. The molecule has 1 fully saturated rings. The Balaban J connectivity index is 1.70. The van der Waals surface area contributed by atoms with Crippen LogP contribution < -0.4 is 5.56 Å². The van der Waals surface area contributed by atoms with Crippen molar-refractivity contribution in [2.45, 2.75) is 45.7 Å². The third kappa shape index (κ3) is 3.67. The smallest absolute Gasteiger partial charge is 0.338 e. The molecule has 4 rings (SSSR count). The van der Waals surface area contributed by atoms with Gasteiger partial charge in [-0.05, 0) is 51.3 Å². The van der Waals surface area contributed by atoms with Crippen LogP contribution in [0.4, 0.5) is 13.2 Å². The number of aromatic nitrogens is 3. The average Bonchev–Trinajstić information content (AvgIpc) is 3.11. The molecule has 0 bridgehead atoms. The van der Waals surface area contributed by atoms with E-state index in [0.717, 1.165) is 11.8 Å². The summed E-state index contributed by atoms with van der Waals surface area (Å²) in [6.07, 6.45) is -3.45. The number of aryl methyl sites for hydroxylation is 3. The number of hydrogen-bond donors (Lipinski definition) is 0. The second-order valence-corrected chi connectivity index (χ2v) is 8.34. The summed E-state index contributed by atoms with van der Waals surface area (Å²) in [5, 5.41) is 3.49. The number of carbonyl (C=O) groups is 1. The second-order valence-electron chi connectivity index (χ2n) is 8.34. The summed E-state index contributed by atoms with van der Waals surface area (Å²) >= 11 is 0. The van der Waals surface area contributed by atoms with Gasteiger partial charge in [-0.2, -0.15) is 13.2 Å². The van der Waals surface area contributed by atoms with Gasteiger partial charge in [0.1, 0.15) is 5.56 Å². The number of alkyl halides is 3. The quantitative estimate of drug-likeness (QED) is 0.594. The van der Waals surface area contributed by atoms with E-state index in [1.807, 2.05) is 0 Å². The molecule has 1 saturated heterocycles. The Morgan fingerprint density at radius 3 is 2.62 bits per heavy atom. The van der Waals surface area contributed by atoms with Crippen LogP contribution in [0.1, 0.15) is 57.3 Å². The molecular weight excluding hydrogens is 425 g/mol. The van der Waals surface area contributed by atoms with Crippen LogP contribution in [0.2, 0.25) is 0 Å². The van der Waals surface area contributed by atoms with Crippen molar-refractivity contribution < 1.29 is 22.5 Å². The number of hydrogen-bond acceptors (Lipinski definition) is 5. The van der Waals surface area contributed by atoms with Crippen molar-refractivity contribution in [2.24, 2.45) is 7.05 Å². The van der Waals surface area contributed by atoms with Gasteiger partial charge < -0.3 is 14.0 Å². The van der Waals surface area contributed by atoms with Crippen molar-refractivity contribution in [2.75, 3.05) is 13.1 Å². The number of nitrogens with zero attached hydrogens (tertiary/aromatic N) is 4. The first-order valence-corrected chi connectivity index (χ1v) is 10.3. The molecule has 3 aromatic rings. The molecule has 1 amide bonds. The molecule has 1 atom stereocenters. The first kappa shape index (κ1) is 22.0. The Morgan fingerprint density at radius 2 is 1.94 bits per heavy atom. The van der Waals surface area contributed by atoms with Gasteiger partial charge in [0.15, 0.2) is 0 Å². The Kier molecular flexibility index (Phi) is 5.34. The van der Waals surface area contributed by atoms with Crippen LogP contribution in [0.15, 0.2) is 21.5 Å². The van der Waals surface area contributed by atoms with Crippen molar-refractivity contribution >= 4 is 17.0 Å². The van der Waals surface area contributed by atoms with Gasteiger partial charge in [0.2, 0.25) is 0 Å². The summed E-state index contributed by atoms with van der Waals surface area (Å²) < 4.78 is 47.6. The van der Waals surface area contributed by atoms with Gasteiger partial charge in [0, 0.05) is 31.7 Å². The fourth-order valence-electron chi connectivity index (χ4n) is 4.35. The molecule has 1 aliphatic rings. The number of likely N-dealkylation sites (tertiary alicyclic amines) is 1. The Labute approximate surface area is 181 Å². The number of rotatable bonds is 2. The average molecular weight is 448 g/mol. The van der Waals surface area contributed by atoms with Gasteiger partial charge in [-0.3, -0.25) is 9.59 Å². The predicted molar refractivity (Wildman–Crippen MR) is 111 cm³/mol. The minimum absolute atomic E-state index is 0.0870. The van der Waals surface area contributed by atoms with E-state index in [-0.39, 0.29) is 40.2 Å². The minimum atomic E-state index is -4.60. The lowest BCUT2D eigenvalue weighted by Crippen LogP contribution is -2.42. The lowest BCUT2D eigenvalue weighted by Gasteiger charge is -2.33. The first-order chi connectivity index (χ1) is 15.0. The van der Waals surface area contributed by atoms with Gasteiger partial charge in [-0.15, -0.1) is 0 Å². The lowest BCUT2D eigenvalue weighted by molar-refractivity contribution is -0.136. The summed E-state index contributed by atoms with van der Waals surface area (Å²) in [5.74, 6) is -0.835. The van der Waals surface area contributed by atoms with Crippen molar-refractivity contribution in [1.29, 1.82) is 0 Å². The van der Waals surface area contributed by atoms with E-state index < -0.39 is 23.6 Å². The summed E-state index contributed by atoms with van der Waals surface area (Å²) in [6, 6.07) is 2.80. The van der Waals surface area contributed by atoms with Crippen LogP contribution in [0.25, 0.3) is 11.1 Å². The van der Waals surface area contributed by atoms with Crippen LogP contribution in [0.3, 0.4) is 0 Å². The standard InChI is InChI=1S/C22H23F3N4O3/c1-11-8-12(2)28(4)20(30)17(11)21(31)29-7-5-6-14(10-29)16-9-15(22(23,24)25)18-13(3)27-32-19(18)26-16/h8-9,14H,5-7,10H2,1-4H3/t14-/m0/s1. The maximum Gasteiger partial charge on any atom is 0.417 e. The van der Waals surface area contributed by atoms with Crippen molar-refractivity contribution in [3.05, 3.63) is 56.3 Å². The van der Waals surface area contributed by atoms with Crippen LogP contribution in [-0.2, 0) is 13.2 Å². The predicted octanol–water partition coefficient (Wildman–Crippen LogP) is 3.89. The molecule has 0 saturated carbocycles. The van der Waals surface area contributed by atoms with E-state index in [1.54, 1.807) is 27.0 Å². The highest BCUT2D eigenvalue weighted by molar-refractivity contribution is 5.95. The first-order valence-electron chi connectivity index (χ1n) is 10.3. The van der Waals surface area contributed by atoms with Crippen molar-refractivity contribution in [1.82, 2.24) is 19.6 Å². The molecule has 0 aromatic carbocycles. The number of amides is 1. The highest BCUT2D eigenvalue weighted by atomic mass is 19.4. The number of fused-ring (bicyclic) bond motifs is 1. The number of piperidine rings is 1. The van der Waals surface area contributed by atoms with Crippen molar-refractivity contribution in [3.63, 3.8) is 0 Å². The highest BCUT2D eigenvalue weighted by Crippen LogP contribution is 2.38. The van der Waals surface area contributed by atoms with Crippen molar-refractivity contribution in [3.8, 4) is 0 Å². The molecule has 7 nitrogen and oxygen atoms in total. The normalized spacial score (nSPS) is 17.2. The fraction of sp³-hybridized carbons (Fsp3) is 0.455. The third-order valence-electron chi connectivity index (χ3n) is 6.15. The molecule has 1 aliphatic heterocycles.